The van der Waals surface area contributed by atoms with Crippen LogP contribution in [0.2, 0.25) is 5.02 Å². The average molecular weight is 417 g/mol. The molecule has 0 unspecified atom stereocenters. The van der Waals surface area contributed by atoms with E-state index in [1.165, 1.54) is 24.4 Å². The first-order valence-corrected chi connectivity index (χ1v) is 8.02. The molecule has 1 amide bonds. The van der Waals surface area contributed by atoms with Gasteiger partial charge in [-0.15, -0.1) is 0 Å². The van der Waals surface area contributed by atoms with Crippen LogP contribution in [0.3, 0.4) is 0 Å². The van der Waals surface area contributed by atoms with Gasteiger partial charge in [0.25, 0.3) is 5.91 Å². The highest BCUT2D eigenvalue weighted by molar-refractivity contribution is 6.30. The topological polar surface area (TPSA) is 59.8 Å². The van der Waals surface area contributed by atoms with Gasteiger partial charge in [-0.2, -0.15) is 18.3 Å². The van der Waals surface area contributed by atoms with Crippen molar-refractivity contribution in [2.75, 3.05) is 5.32 Å². The van der Waals surface area contributed by atoms with Gasteiger partial charge in [0, 0.05) is 17.3 Å². The van der Waals surface area contributed by atoms with Crippen molar-refractivity contribution in [3.8, 4) is 0 Å². The summed E-state index contributed by atoms with van der Waals surface area (Å²) in [6, 6.07) is 4.61. The summed E-state index contributed by atoms with van der Waals surface area (Å²) in [7, 11) is 0. The second-order valence-corrected chi connectivity index (χ2v) is 6.07. The molecule has 0 atom stereocenters. The van der Waals surface area contributed by atoms with E-state index in [-0.39, 0.29) is 22.9 Å². The van der Waals surface area contributed by atoms with Gasteiger partial charge in [0.15, 0.2) is 17.5 Å². The lowest BCUT2D eigenvalue weighted by Crippen LogP contribution is -2.17. The number of amides is 1. The number of carbonyl (C=O) groups is 1. The minimum atomic E-state index is -4.61. The molecule has 0 spiro atoms. The quantitative estimate of drug-likeness (QED) is 0.636. The van der Waals surface area contributed by atoms with Crippen LogP contribution < -0.4 is 5.32 Å². The SMILES string of the molecule is O=C(Nc1ccn(Cc2ccc(Cl)cc2C(F)(F)F)n1)c1c(F)cncc1F. The Labute approximate surface area is 159 Å². The molecule has 0 aliphatic heterocycles. The van der Waals surface area contributed by atoms with E-state index in [0.717, 1.165) is 10.7 Å². The van der Waals surface area contributed by atoms with Gasteiger partial charge in [0.2, 0.25) is 0 Å². The number of hydrogen-bond donors (Lipinski definition) is 1. The number of hydrogen-bond acceptors (Lipinski definition) is 3. The molecule has 0 bridgehead atoms. The molecule has 146 valence electrons. The lowest BCUT2D eigenvalue weighted by Gasteiger charge is -2.13. The summed E-state index contributed by atoms with van der Waals surface area (Å²) in [6.45, 7) is -0.264. The average Bonchev–Trinajstić information content (AvgIpc) is 3.02. The van der Waals surface area contributed by atoms with Crippen LogP contribution in [0.25, 0.3) is 0 Å². The second-order valence-electron chi connectivity index (χ2n) is 5.63. The maximum absolute atomic E-state index is 13.6. The zero-order valence-electron chi connectivity index (χ0n) is 13.8. The van der Waals surface area contributed by atoms with Crippen molar-refractivity contribution in [3.05, 3.63) is 76.2 Å². The summed E-state index contributed by atoms with van der Waals surface area (Å²) in [5.41, 5.74) is -1.85. The molecule has 1 aromatic carbocycles. The number of nitrogens with zero attached hydrogens (tertiary/aromatic N) is 3. The van der Waals surface area contributed by atoms with E-state index < -0.39 is 34.8 Å². The maximum Gasteiger partial charge on any atom is 0.416 e. The first-order chi connectivity index (χ1) is 13.1. The summed E-state index contributed by atoms with van der Waals surface area (Å²) in [6.07, 6.45) is -1.95. The van der Waals surface area contributed by atoms with E-state index in [9.17, 15) is 26.7 Å². The summed E-state index contributed by atoms with van der Waals surface area (Å²) in [5.74, 6) is -3.52. The molecule has 0 saturated heterocycles. The van der Waals surface area contributed by atoms with Gasteiger partial charge in [-0.3, -0.25) is 14.5 Å². The van der Waals surface area contributed by atoms with E-state index in [2.05, 4.69) is 15.4 Å². The van der Waals surface area contributed by atoms with Crippen molar-refractivity contribution in [1.82, 2.24) is 14.8 Å². The van der Waals surface area contributed by atoms with Gasteiger partial charge < -0.3 is 5.32 Å². The molecule has 0 aliphatic carbocycles. The van der Waals surface area contributed by atoms with Crippen LogP contribution in [0, 0.1) is 11.6 Å². The lowest BCUT2D eigenvalue weighted by atomic mass is 10.1. The number of anilines is 1. The predicted molar refractivity (Wildman–Crippen MR) is 89.9 cm³/mol. The second kappa shape index (κ2) is 7.55. The monoisotopic (exact) mass is 416 g/mol. The number of pyridine rings is 1. The van der Waals surface area contributed by atoms with Crippen molar-refractivity contribution in [3.63, 3.8) is 0 Å². The molecule has 0 fully saturated rings. The molecule has 2 aromatic heterocycles. The molecule has 5 nitrogen and oxygen atoms in total. The van der Waals surface area contributed by atoms with E-state index >= 15 is 0 Å². The number of alkyl halides is 3. The van der Waals surface area contributed by atoms with Gasteiger partial charge in [-0.25, -0.2) is 8.78 Å². The van der Waals surface area contributed by atoms with Crippen LogP contribution in [-0.2, 0) is 12.7 Å². The van der Waals surface area contributed by atoms with Crippen LogP contribution in [-0.4, -0.2) is 20.7 Å². The Morgan fingerprint density at radius 2 is 1.82 bits per heavy atom. The molecular formula is C17H10ClF5N4O. The lowest BCUT2D eigenvalue weighted by molar-refractivity contribution is -0.138. The third kappa shape index (κ3) is 4.28. The minimum Gasteiger partial charge on any atom is -0.305 e. The Kier molecular flexibility index (Phi) is 5.32. The number of aromatic nitrogens is 3. The Morgan fingerprint density at radius 3 is 2.46 bits per heavy atom. The summed E-state index contributed by atoms with van der Waals surface area (Å²) in [4.78, 5) is 15.3. The van der Waals surface area contributed by atoms with Crippen molar-refractivity contribution in [2.24, 2.45) is 0 Å². The number of halogens is 6. The van der Waals surface area contributed by atoms with Gasteiger partial charge >= 0.3 is 6.18 Å². The van der Waals surface area contributed by atoms with E-state index in [1.807, 2.05) is 0 Å². The fourth-order valence-corrected chi connectivity index (χ4v) is 2.62. The fraction of sp³-hybridized carbons (Fsp3) is 0.118. The van der Waals surface area contributed by atoms with Gasteiger partial charge in [0.1, 0.15) is 5.56 Å². The van der Waals surface area contributed by atoms with Gasteiger partial charge in [0.05, 0.1) is 24.5 Å². The first-order valence-electron chi connectivity index (χ1n) is 7.64. The van der Waals surface area contributed by atoms with Crippen LogP contribution in [0.5, 0.6) is 0 Å². The molecule has 0 aliphatic rings. The van der Waals surface area contributed by atoms with E-state index in [4.69, 9.17) is 11.6 Å². The number of nitrogens with one attached hydrogen (secondary N) is 1. The Morgan fingerprint density at radius 1 is 1.14 bits per heavy atom. The van der Waals surface area contributed by atoms with Crippen LogP contribution in [0.15, 0.2) is 42.9 Å². The third-order valence-corrected chi connectivity index (χ3v) is 3.91. The highest BCUT2D eigenvalue weighted by Gasteiger charge is 2.33. The Balaban J connectivity index is 1.80. The highest BCUT2D eigenvalue weighted by Crippen LogP contribution is 2.34. The number of carbonyl (C=O) groups excluding carboxylic acids is 1. The van der Waals surface area contributed by atoms with Crippen molar-refractivity contribution in [2.45, 2.75) is 12.7 Å². The summed E-state index contributed by atoms with van der Waals surface area (Å²) >= 11 is 5.64. The van der Waals surface area contributed by atoms with E-state index in [1.54, 1.807) is 0 Å². The van der Waals surface area contributed by atoms with Crippen molar-refractivity contribution >= 4 is 23.3 Å². The van der Waals surface area contributed by atoms with Crippen molar-refractivity contribution in [1.29, 1.82) is 0 Å². The molecule has 0 saturated carbocycles. The molecule has 2 heterocycles. The zero-order chi connectivity index (χ0) is 20.5. The minimum absolute atomic E-state index is 0.0640. The number of benzene rings is 1. The van der Waals surface area contributed by atoms with Gasteiger partial charge in [-0.1, -0.05) is 17.7 Å². The fourth-order valence-electron chi connectivity index (χ4n) is 2.45. The smallest absolute Gasteiger partial charge is 0.305 e. The van der Waals surface area contributed by atoms with Crippen LogP contribution >= 0.6 is 11.6 Å². The zero-order valence-corrected chi connectivity index (χ0v) is 14.5. The Hall–Kier alpha value is -3.01. The summed E-state index contributed by atoms with van der Waals surface area (Å²) in [5, 5.41) is 6.01. The maximum atomic E-state index is 13.6. The van der Waals surface area contributed by atoms with Crippen molar-refractivity contribution < 1.29 is 26.7 Å². The molecule has 3 aromatic rings. The molecule has 11 heteroatoms. The normalized spacial score (nSPS) is 11.5. The summed E-state index contributed by atoms with van der Waals surface area (Å²) < 4.78 is 67.7. The Bertz CT molecular complexity index is 1010. The molecule has 0 radical (unpaired) electrons. The highest BCUT2D eigenvalue weighted by atomic mass is 35.5. The van der Waals surface area contributed by atoms with Gasteiger partial charge in [-0.05, 0) is 17.7 Å². The number of rotatable bonds is 4. The van der Waals surface area contributed by atoms with Crippen LogP contribution in [0.1, 0.15) is 21.5 Å². The molecule has 3 rings (SSSR count). The predicted octanol–water partition coefficient (Wildman–Crippen LogP) is 4.53. The largest absolute Gasteiger partial charge is 0.416 e. The third-order valence-electron chi connectivity index (χ3n) is 3.67. The first kappa shape index (κ1) is 19.7. The standard InChI is InChI=1S/C17H10ClF5N4O/c18-10-2-1-9(11(5-10)17(21,22)23)8-27-4-3-14(26-27)25-16(28)15-12(19)6-24-7-13(15)20/h1-7H,8H2,(H,25,26,28). The van der Waals surface area contributed by atoms with Crippen LogP contribution in [0.4, 0.5) is 27.8 Å². The van der Waals surface area contributed by atoms with E-state index in [0.29, 0.717) is 12.4 Å². The molecular weight excluding hydrogens is 407 g/mol. The molecule has 1 N–H and O–H groups in total. The molecule has 28 heavy (non-hydrogen) atoms.